The fourth-order valence-corrected chi connectivity index (χ4v) is 2.89. The van der Waals surface area contributed by atoms with E-state index in [1.54, 1.807) is 0 Å². The molecule has 1 aliphatic carbocycles. The van der Waals surface area contributed by atoms with Crippen LogP contribution in [-0.4, -0.2) is 12.6 Å². The molecule has 20 heavy (non-hydrogen) atoms. The Bertz CT molecular complexity index is 387. The van der Waals surface area contributed by atoms with E-state index in [0.29, 0.717) is 6.10 Å². The largest absolute Gasteiger partial charge is 0.490 e. The van der Waals surface area contributed by atoms with Crippen molar-refractivity contribution in [3.63, 3.8) is 0 Å². The molecule has 1 aliphatic rings. The van der Waals surface area contributed by atoms with Crippen molar-refractivity contribution in [2.75, 3.05) is 6.54 Å². The van der Waals surface area contributed by atoms with Crippen LogP contribution in [0.15, 0.2) is 24.3 Å². The average molecular weight is 275 g/mol. The third-order valence-corrected chi connectivity index (χ3v) is 4.53. The molecule has 0 radical (unpaired) electrons. The van der Waals surface area contributed by atoms with Crippen LogP contribution < -0.4 is 10.1 Å². The standard InChI is InChI=1S/C18H29NO/c1-4-11-19-13-16-6-9-17(10-7-16)20-18-8-5-14(2)15(3)12-18/h6-7,9-10,14-15,18-19H,4-5,8,11-13H2,1-3H3. The normalized spacial score (nSPS) is 26.4. The number of rotatable bonds is 6. The molecule has 112 valence electrons. The van der Waals surface area contributed by atoms with E-state index < -0.39 is 0 Å². The van der Waals surface area contributed by atoms with Gasteiger partial charge in [-0.2, -0.15) is 0 Å². The summed E-state index contributed by atoms with van der Waals surface area (Å²) in [4.78, 5) is 0. The van der Waals surface area contributed by atoms with Crippen LogP contribution in [0.4, 0.5) is 0 Å². The second-order valence-corrected chi connectivity index (χ2v) is 6.33. The lowest BCUT2D eigenvalue weighted by molar-refractivity contribution is 0.101. The highest BCUT2D eigenvalue weighted by Crippen LogP contribution is 2.31. The molecule has 0 bridgehead atoms. The highest BCUT2D eigenvalue weighted by Gasteiger charge is 2.25. The summed E-state index contributed by atoms with van der Waals surface area (Å²) in [5.41, 5.74) is 1.33. The molecule has 2 heteroatoms. The monoisotopic (exact) mass is 275 g/mol. The predicted octanol–water partition coefficient (Wildman–Crippen LogP) is 4.39. The molecule has 2 rings (SSSR count). The summed E-state index contributed by atoms with van der Waals surface area (Å²) in [7, 11) is 0. The minimum atomic E-state index is 0.408. The molecule has 0 saturated heterocycles. The molecule has 2 nitrogen and oxygen atoms in total. The predicted molar refractivity (Wildman–Crippen MR) is 85.0 cm³/mol. The summed E-state index contributed by atoms with van der Waals surface area (Å²) in [5, 5.41) is 3.42. The van der Waals surface area contributed by atoms with Crippen molar-refractivity contribution in [2.45, 2.75) is 59.1 Å². The molecule has 1 N–H and O–H groups in total. The molecule has 0 aromatic heterocycles. The maximum Gasteiger partial charge on any atom is 0.119 e. The van der Waals surface area contributed by atoms with E-state index in [1.165, 1.54) is 31.2 Å². The van der Waals surface area contributed by atoms with Crippen molar-refractivity contribution in [3.8, 4) is 5.75 Å². The summed E-state index contributed by atoms with van der Waals surface area (Å²) in [6.07, 6.45) is 5.28. The SMILES string of the molecule is CCCNCc1ccc(OC2CCC(C)C(C)C2)cc1. The molecule has 1 saturated carbocycles. The lowest BCUT2D eigenvalue weighted by Crippen LogP contribution is -2.28. The van der Waals surface area contributed by atoms with Gasteiger partial charge in [0.2, 0.25) is 0 Å². The first-order chi connectivity index (χ1) is 9.69. The van der Waals surface area contributed by atoms with Gasteiger partial charge >= 0.3 is 0 Å². The highest BCUT2D eigenvalue weighted by atomic mass is 16.5. The molecule has 0 aliphatic heterocycles. The molecule has 3 atom stereocenters. The maximum absolute atomic E-state index is 6.13. The summed E-state index contributed by atoms with van der Waals surface area (Å²) in [6, 6.07) is 8.58. The second-order valence-electron chi connectivity index (χ2n) is 6.33. The first kappa shape index (κ1) is 15.4. The van der Waals surface area contributed by atoms with E-state index in [1.807, 2.05) is 0 Å². The van der Waals surface area contributed by atoms with E-state index in [-0.39, 0.29) is 0 Å². The fraction of sp³-hybridized carbons (Fsp3) is 0.667. The number of hydrogen-bond donors (Lipinski definition) is 1. The van der Waals surface area contributed by atoms with Gasteiger partial charge in [-0.1, -0.05) is 32.9 Å². The van der Waals surface area contributed by atoms with Crippen molar-refractivity contribution in [1.82, 2.24) is 5.32 Å². The minimum Gasteiger partial charge on any atom is -0.490 e. The van der Waals surface area contributed by atoms with Crippen molar-refractivity contribution >= 4 is 0 Å². The van der Waals surface area contributed by atoms with Gasteiger partial charge in [0.25, 0.3) is 0 Å². The number of ether oxygens (including phenoxy) is 1. The zero-order valence-electron chi connectivity index (χ0n) is 13.2. The zero-order chi connectivity index (χ0) is 14.4. The lowest BCUT2D eigenvalue weighted by atomic mass is 9.80. The van der Waals surface area contributed by atoms with Crippen molar-refractivity contribution in [1.29, 1.82) is 0 Å². The van der Waals surface area contributed by atoms with Crippen LogP contribution in [0.3, 0.4) is 0 Å². The zero-order valence-corrected chi connectivity index (χ0v) is 13.2. The van der Waals surface area contributed by atoms with Crippen LogP contribution in [-0.2, 0) is 6.54 Å². The Labute approximate surface area is 123 Å². The molecule has 0 amide bonds. The second kappa shape index (κ2) is 7.68. The Morgan fingerprint density at radius 1 is 1.10 bits per heavy atom. The Morgan fingerprint density at radius 3 is 2.50 bits per heavy atom. The van der Waals surface area contributed by atoms with Crippen LogP contribution in [0, 0.1) is 11.8 Å². The van der Waals surface area contributed by atoms with Crippen molar-refractivity contribution in [2.24, 2.45) is 11.8 Å². The van der Waals surface area contributed by atoms with Gasteiger partial charge < -0.3 is 10.1 Å². The van der Waals surface area contributed by atoms with Crippen LogP contribution >= 0.6 is 0 Å². The smallest absolute Gasteiger partial charge is 0.119 e. The van der Waals surface area contributed by atoms with Gasteiger partial charge in [-0.15, -0.1) is 0 Å². The Kier molecular flexibility index (Phi) is 5.90. The van der Waals surface area contributed by atoms with E-state index in [2.05, 4.69) is 50.4 Å². The van der Waals surface area contributed by atoms with Gasteiger partial charge in [0, 0.05) is 6.54 Å². The first-order valence-corrected chi connectivity index (χ1v) is 8.15. The van der Waals surface area contributed by atoms with E-state index >= 15 is 0 Å². The van der Waals surface area contributed by atoms with Gasteiger partial charge in [-0.05, 0) is 61.8 Å². The molecule has 0 heterocycles. The molecule has 1 fully saturated rings. The summed E-state index contributed by atoms with van der Waals surface area (Å²) in [6.45, 7) is 8.93. The third-order valence-electron chi connectivity index (χ3n) is 4.53. The van der Waals surface area contributed by atoms with E-state index in [9.17, 15) is 0 Å². The molecule has 0 spiro atoms. The topological polar surface area (TPSA) is 21.3 Å². The van der Waals surface area contributed by atoms with Crippen molar-refractivity contribution in [3.05, 3.63) is 29.8 Å². The Hall–Kier alpha value is -1.02. The van der Waals surface area contributed by atoms with Crippen molar-refractivity contribution < 1.29 is 4.74 Å². The van der Waals surface area contributed by atoms with Crippen LogP contribution in [0.2, 0.25) is 0 Å². The Morgan fingerprint density at radius 2 is 1.85 bits per heavy atom. The molecular weight excluding hydrogens is 246 g/mol. The van der Waals surface area contributed by atoms with Gasteiger partial charge in [0.05, 0.1) is 6.10 Å². The molecular formula is C18H29NO. The first-order valence-electron chi connectivity index (χ1n) is 8.15. The van der Waals surface area contributed by atoms with Gasteiger partial charge in [-0.3, -0.25) is 0 Å². The van der Waals surface area contributed by atoms with Gasteiger partial charge in [0.15, 0.2) is 0 Å². The van der Waals surface area contributed by atoms with Gasteiger partial charge in [0.1, 0.15) is 5.75 Å². The number of benzene rings is 1. The molecule has 3 unspecified atom stereocenters. The van der Waals surface area contributed by atoms with Crippen LogP contribution in [0.5, 0.6) is 5.75 Å². The van der Waals surface area contributed by atoms with E-state index in [0.717, 1.165) is 30.7 Å². The van der Waals surface area contributed by atoms with Crippen LogP contribution in [0.1, 0.15) is 52.0 Å². The lowest BCUT2D eigenvalue weighted by Gasteiger charge is -2.32. The summed E-state index contributed by atoms with van der Waals surface area (Å²) < 4.78 is 6.13. The average Bonchev–Trinajstić information content (AvgIpc) is 2.45. The number of hydrogen-bond acceptors (Lipinski definition) is 2. The summed E-state index contributed by atoms with van der Waals surface area (Å²) in [5.74, 6) is 2.66. The molecule has 1 aromatic carbocycles. The number of nitrogens with one attached hydrogen (secondary N) is 1. The minimum absolute atomic E-state index is 0.408. The molecule has 1 aromatic rings. The van der Waals surface area contributed by atoms with Crippen LogP contribution in [0.25, 0.3) is 0 Å². The summed E-state index contributed by atoms with van der Waals surface area (Å²) >= 11 is 0. The Balaban J connectivity index is 1.81. The van der Waals surface area contributed by atoms with E-state index in [4.69, 9.17) is 4.74 Å². The maximum atomic E-state index is 6.13. The highest BCUT2D eigenvalue weighted by molar-refractivity contribution is 5.27. The fourth-order valence-electron chi connectivity index (χ4n) is 2.89. The van der Waals surface area contributed by atoms with Gasteiger partial charge in [-0.25, -0.2) is 0 Å². The third kappa shape index (κ3) is 4.52. The quantitative estimate of drug-likeness (QED) is 0.777.